The lowest BCUT2D eigenvalue weighted by Crippen LogP contribution is -2.45. The Labute approximate surface area is 191 Å². The van der Waals surface area contributed by atoms with Crippen LogP contribution in [0.2, 0.25) is 5.02 Å². The third-order valence-corrected chi connectivity index (χ3v) is 6.06. The van der Waals surface area contributed by atoms with Gasteiger partial charge in [0.15, 0.2) is 0 Å². The Hall–Kier alpha value is -3.13. The summed E-state index contributed by atoms with van der Waals surface area (Å²) >= 11 is 5.90. The maximum Gasteiger partial charge on any atom is 0.322 e. The predicted molar refractivity (Wildman–Crippen MR) is 124 cm³/mol. The third kappa shape index (κ3) is 5.02. The normalized spacial score (nSPS) is 20.9. The van der Waals surface area contributed by atoms with Gasteiger partial charge in [-0.1, -0.05) is 18.5 Å². The number of nitrogens with one attached hydrogen (secondary N) is 2. The van der Waals surface area contributed by atoms with Gasteiger partial charge in [0.25, 0.3) is 0 Å². The van der Waals surface area contributed by atoms with Crippen molar-refractivity contribution in [1.82, 2.24) is 9.88 Å². The van der Waals surface area contributed by atoms with Gasteiger partial charge in [0.05, 0.1) is 11.9 Å². The van der Waals surface area contributed by atoms with E-state index >= 15 is 0 Å². The molecule has 0 aliphatic carbocycles. The van der Waals surface area contributed by atoms with Crippen molar-refractivity contribution in [2.45, 2.75) is 38.6 Å². The van der Waals surface area contributed by atoms with Crippen LogP contribution in [0, 0.1) is 5.92 Å². The van der Waals surface area contributed by atoms with E-state index in [9.17, 15) is 14.4 Å². The lowest BCUT2D eigenvalue weighted by Gasteiger charge is -2.26. The minimum absolute atomic E-state index is 0.0946. The molecule has 0 saturated carbocycles. The molecular weight excluding hydrogens is 430 g/mol. The van der Waals surface area contributed by atoms with Gasteiger partial charge in [0.1, 0.15) is 11.9 Å². The highest BCUT2D eigenvalue weighted by atomic mass is 35.5. The summed E-state index contributed by atoms with van der Waals surface area (Å²) in [5.41, 5.74) is 1.34. The molecule has 2 saturated heterocycles. The molecule has 1 aromatic carbocycles. The largest absolute Gasteiger partial charge is 0.322 e. The lowest BCUT2D eigenvalue weighted by atomic mass is 10.1. The van der Waals surface area contributed by atoms with Crippen LogP contribution in [0.15, 0.2) is 42.6 Å². The summed E-state index contributed by atoms with van der Waals surface area (Å²) in [6.45, 7) is 3.18. The molecule has 2 aliphatic rings. The van der Waals surface area contributed by atoms with Crippen molar-refractivity contribution in [2.24, 2.45) is 5.92 Å². The second-order valence-corrected chi connectivity index (χ2v) is 8.78. The number of pyridine rings is 1. The number of halogens is 1. The zero-order valence-corrected chi connectivity index (χ0v) is 18.6. The van der Waals surface area contributed by atoms with Crippen LogP contribution in [-0.4, -0.2) is 46.9 Å². The van der Waals surface area contributed by atoms with Gasteiger partial charge in [0, 0.05) is 30.2 Å². The highest BCUT2D eigenvalue weighted by Crippen LogP contribution is 2.26. The van der Waals surface area contributed by atoms with E-state index in [1.54, 1.807) is 52.4 Å². The van der Waals surface area contributed by atoms with Crippen LogP contribution in [0.5, 0.6) is 0 Å². The minimum atomic E-state index is -0.595. The first-order valence-corrected chi connectivity index (χ1v) is 11.2. The minimum Gasteiger partial charge on any atom is -0.312 e. The molecule has 32 heavy (non-hydrogen) atoms. The number of anilines is 3. The van der Waals surface area contributed by atoms with Gasteiger partial charge in [0.2, 0.25) is 11.8 Å². The summed E-state index contributed by atoms with van der Waals surface area (Å²) in [6, 6.07) is 9.37. The number of amides is 4. The molecule has 2 aromatic rings. The number of aromatic nitrogens is 1. The van der Waals surface area contributed by atoms with Gasteiger partial charge in [-0.05, 0) is 61.6 Å². The molecule has 0 spiro atoms. The van der Waals surface area contributed by atoms with Crippen molar-refractivity contribution >= 4 is 46.6 Å². The highest BCUT2D eigenvalue weighted by molar-refractivity contribution is 6.30. The van der Waals surface area contributed by atoms with Crippen LogP contribution < -0.4 is 15.5 Å². The summed E-state index contributed by atoms with van der Waals surface area (Å²) in [6.07, 6.45) is 4.60. The number of urea groups is 1. The SMILES string of the molecule is CC1CC(C(=O)Nc2ccc(N3CCCCC3=O)cn2)N(C(=O)Nc2ccc(Cl)cc2)C1. The maximum atomic E-state index is 13.0. The predicted octanol–water partition coefficient (Wildman–Crippen LogP) is 4.13. The van der Waals surface area contributed by atoms with Crippen molar-refractivity contribution < 1.29 is 14.4 Å². The molecule has 4 rings (SSSR count). The van der Waals surface area contributed by atoms with Crippen molar-refractivity contribution in [3.05, 3.63) is 47.6 Å². The quantitative estimate of drug-likeness (QED) is 0.724. The summed E-state index contributed by atoms with van der Waals surface area (Å²) in [5.74, 6) is 0.398. The van der Waals surface area contributed by atoms with E-state index in [0.29, 0.717) is 42.5 Å². The van der Waals surface area contributed by atoms with Crippen molar-refractivity contribution in [1.29, 1.82) is 0 Å². The third-order valence-electron chi connectivity index (χ3n) is 5.80. The average molecular weight is 456 g/mol. The summed E-state index contributed by atoms with van der Waals surface area (Å²) in [7, 11) is 0. The Morgan fingerprint density at radius 1 is 1.09 bits per heavy atom. The first kappa shape index (κ1) is 22.1. The summed E-state index contributed by atoms with van der Waals surface area (Å²) < 4.78 is 0. The average Bonchev–Trinajstić information content (AvgIpc) is 3.18. The number of piperidine rings is 1. The molecule has 9 heteroatoms. The Balaban J connectivity index is 1.40. The molecule has 2 unspecified atom stereocenters. The Morgan fingerprint density at radius 3 is 2.56 bits per heavy atom. The fraction of sp³-hybridized carbons (Fsp3) is 0.391. The van der Waals surface area contributed by atoms with E-state index < -0.39 is 6.04 Å². The number of likely N-dealkylation sites (tertiary alicyclic amines) is 1. The molecule has 8 nitrogen and oxygen atoms in total. The monoisotopic (exact) mass is 455 g/mol. The first-order chi connectivity index (χ1) is 15.4. The van der Waals surface area contributed by atoms with Crippen LogP contribution in [0.25, 0.3) is 0 Å². The van der Waals surface area contributed by atoms with Crippen LogP contribution in [0.3, 0.4) is 0 Å². The fourth-order valence-corrected chi connectivity index (χ4v) is 4.28. The molecule has 4 amide bonds. The van der Waals surface area contributed by atoms with Gasteiger partial charge in [-0.3, -0.25) is 9.59 Å². The summed E-state index contributed by atoms with van der Waals surface area (Å²) in [4.78, 5) is 45.4. The molecule has 1 aromatic heterocycles. The van der Waals surface area contributed by atoms with Gasteiger partial charge in [-0.15, -0.1) is 0 Å². The van der Waals surface area contributed by atoms with Gasteiger partial charge < -0.3 is 20.4 Å². The van der Waals surface area contributed by atoms with E-state index in [1.165, 1.54) is 0 Å². The second kappa shape index (κ2) is 9.56. The van der Waals surface area contributed by atoms with Crippen molar-refractivity contribution in [3.63, 3.8) is 0 Å². The van der Waals surface area contributed by atoms with E-state index in [-0.39, 0.29) is 23.8 Å². The number of benzene rings is 1. The zero-order chi connectivity index (χ0) is 22.7. The van der Waals surface area contributed by atoms with E-state index in [4.69, 9.17) is 11.6 Å². The lowest BCUT2D eigenvalue weighted by molar-refractivity contribution is -0.120. The Bertz CT molecular complexity index is 996. The Morgan fingerprint density at radius 2 is 1.88 bits per heavy atom. The van der Waals surface area contributed by atoms with Crippen molar-refractivity contribution in [2.75, 3.05) is 28.6 Å². The second-order valence-electron chi connectivity index (χ2n) is 8.34. The molecule has 2 fully saturated rings. The maximum absolute atomic E-state index is 13.0. The molecular formula is C23H26ClN5O3. The van der Waals surface area contributed by atoms with E-state index in [2.05, 4.69) is 15.6 Å². The number of carbonyl (C=O) groups is 3. The molecule has 2 atom stereocenters. The molecule has 0 radical (unpaired) electrons. The number of carbonyl (C=O) groups excluding carboxylic acids is 3. The standard InChI is InChI=1S/C23H26ClN5O3/c1-15-12-19(29(14-15)23(32)26-17-7-5-16(24)6-8-17)22(31)27-20-10-9-18(13-25-20)28-11-3-2-4-21(28)30/h5-10,13,15,19H,2-4,11-12,14H2,1H3,(H,26,32)(H,25,27,31). The first-order valence-electron chi connectivity index (χ1n) is 10.8. The molecule has 3 heterocycles. The number of nitrogens with zero attached hydrogens (tertiary/aromatic N) is 3. The molecule has 168 valence electrons. The van der Waals surface area contributed by atoms with Gasteiger partial charge >= 0.3 is 6.03 Å². The van der Waals surface area contributed by atoms with Crippen LogP contribution in [0.1, 0.15) is 32.6 Å². The highest BCUT2D eigenvalue weighted by Gasteiger charge is 2.38. The van der Waals surface area contributed by atoms with Crippen molar-refractivity contribution in [3.8, 4) is 0 Å². The summed E-state index contributed by atoms with van der Waals surface area (Å²) in [5, 5.41) is 6.21. The van der Waals surface area contributed by atoms with Gasteiger partial charge in [-0.2, -0.15) is 0 Å². The Kier molecular flexibility index (Phi) is 6.60. The van der Waals surface area contributed by atoms with Crippen LogP contribution >= 0.6 is 11.6 Å². The topological polar surface area (TPSA) is 94.6 Å². The molecule has 2 N–H and O–H groups in total. The number of hydrogen-bond donors (Lipinski definition) is 2. The molecule has 2 aliphatic heterocycles. The number of hydrogen-bond acceptors (Lipinski definition) is 4. The van der Waals surface area contributed by atoms with E-state index in [1.807, 2.05) is 6.92 Å². The smallest absolute Gasteiger partial charge is 0.312 e. The van der Waals surface area contributed by atoms with Gasteiger partial charge in [-0.25, -0.2) is 9.78 Å². The van der Waals surface area contributed by atoms with E-state index in [0.717, 1.165) is 18.5 Å². The molecule has 0 bridgehead atoms. The van der Waals surface area contributed by atoms with Crippen LogP contribution in [-0.2, 0) is 9.59 Å². The van der Waals surface area contributed by atoms with Crippen LogP contribution in [0.4, 0.5) is 22.0 Å². The number of rotatable bonds is 4. The fourth-order valence-electron chi connectivity index (χ4n) is 4.16. The zero-order valence-electron chi connectivity index (χ0n) is 17.9.